The predicted molar refractivity (Wildman–Crippen MR) is 89.8 cm³/mol. The molecule has 0 spiro atoms. The van der Waals surface area contributed by atoms with E-state index < -0.39 is 10.0 Å². The van der Waals surface area contributed by atoms with Crippen LogP contribution in [0.15, 0.2) is 53.0 Å². The number of halogens is 2. The highest BCUT2D eigenvalue weighted by Crippen LogP contribution is 2.34. The second kappa shape index (κ2) is 5.48. The molecule has 6 heteroatoms. The fourth-order valence-corrected chi connectivity index (χ4v) is 4.07. The third-order valence-corrected chi connectivity index (χ3v) is 5.46. The van der Waals surface area contributed by atoms with Gasteiger partial charge in [-0.15, -0.1) is 0 Å². The summed E-state index contributed by atoms with van der Waals surface area (Å²) in [6.07, 6.45) is 2.29. The van der Waals surface area contributed by atoms with Crippen LogP contribution in [-0.2, 0) is 16.4 Å². The zero-order chi connectivity index (χ0) is 15.0. The first-order valence-corrected chi connectivity index (χ1v) is 8.88. The van der Waals surface area contributed by atoms with Crippen LogP contribution in [0.3, 0.4) is 0 Å². The highest BCUT2D eigenvalue weighted by atomic mass is 79.9. The van der Waals surface area contributed by atoms with Gasteiger partial charge in [-0.2, -0.15) is 0 Å². The Kier molecular flexibility index (Phi) is 3.82. The Balaban J connectivity index is 1.92. The Morgan fingerprint density at radius 2 is 1.81 bits per heavy atom. The molecule has 0 bridgehead atoms. The summed E-state index contributed by atoms with van der Waals surface area (Å²) in [6.45, 7) is 0. The molecule has 2 aromatic carbocycles. The van der Waals surface area contributed by atoms with Crippen molar-refractivity contribution in [2.45, 2.75) is 6.42 Å². The SMILES string of the molecule is O=S(=O)(Nc1ccc(Br)cc1)C1=CCc2cc(Cl)ccc21. The van der Waals surface area contributed by atoms with E-state index in [9.17, 15) is 8.42 Å². The normalized spacial score (nSPS) is 13.7. The molecule has 0 atom stereocenters. The molecule has 1 aliphatic carbocycles. The molecule has 1 aliphatic rings. The van der Waals surface area contributed by atoms with Crippen molar-refractivity contribution in [1.82, 2.24) is 0 Å². The smallest absolute Gasteiger partial charge is 0.262 e. The van der Waals surface area contributed by atoms with Crippen molar-refractivity contribution in [1.29, 1.82) is 0 Å². The van der Waals surface area contributed by atoms with Gasteiger partial charge in [-0.1, -0.05) is 39.7 Å². The lowest BCUT2D eigenvalue weighted by atomic mass is 10.1. The van der Waals surface area contributed by atoms with Crippen LogP contribution in [0.1, 0.15) is 11.1 Å². The van der Waals surface area contributed by atoms with E-state index in [1.807, 2.05) is 0 Å². The van der Waals surface area contributed by atoms with Gasteiger partial charge in [-0.05, 0) is 53.9 Å². The lowest BCUT2D eigenvalue weighted by Gasteiger charge is -2.10. The maximum Gasteiger partial charge on any atom is 0.262 e. The lowest BCUT2D eigenvalue weighted by Crippen LogP contribution is -2.13. The molecule has 1 N–H and O–H groups in total. The predicted octanol–water partition coefficient (Wildman–Crippen LogP) is 4.44. The molecule has 0 saturated carbocycles. The molecular weight excluding hydrogens is 374 g/mol. The number of rotatable bonds is 3. The Morgan fingerprint density at radius 1 is 1.10 bits per heavy atom. The van der Waals surface area contributed by atoms with Crippen LogP contribution >= 0.6 is 27.5 Å². The molecule has 3 rings (SSSR count). The Hall–Kier alpha value is -1.30. The first-order chi connectivity index (χ1) is 9.95. The molecular formula is C15H11BrClNO2S. The van der Waals surface area contributed by atoms with Crippen LogP contribution in [0.5, 0.6) is 0 Å². The van der Waals surface area contributed by atoms with E-state index in [0.717, 1.165) is 10.0 Å². The van der Waals surface area contributed by atoms with Crippen LogP contribution in [0.4, 0.5) is 5.69 Å². The third kappa shape index (κ3) is 3.00. The maximum atomic E-state index is 12.5. The Bertz CT molecular complexity index is 829. The summed E-state index contributed by atoms with van der Waals surface area (Å²) in [5, 5.41) is 0.613. The Labute approximate surface area is 136 Å². The van der Waals surface area contributed by atoms with Gasteiger partial charge in [-0.3, -0.25) is 4.72 Å². The van der Waals surface area contributed by atoms with E-state index in [-0.39, 0.29) is 0 Å². The minimum Gasteiger partial charge on any atom is -0.280 e. The van der Waals surface area contributed by atoms with Gasteiger partial charge in [0.15, 0.2) is 0 Å². The van der Waals surface area contributed by atoms with E-state index in [2.05, 4.69) is 20.7 Å². The number of anilines is 1. The van der Waals surface area contributed by atoms with Gasteiger partial charge in [0.2, 0.25) is 0 Å². The topological polar surface area (TPSA) is 46.2 Å². The van der Waals surface area contributed by atoms with E-state index >= 15 is 0 Å². The second-order valence-corrected chi connectivity index (χ2v) is 7.69. The van der Waals surface area contributed by atoms with Crippen molar-refractivity contribution in [2.24, 2.45) is 0 Å². The van der Waals surface area contributed by atoms with Crippen molar-refractivity contribution < 1.29 is 8.42 Å². The number of sulfonamides is 1. The molecule has 3 nitrogen and oxygen atoms in total. The second-order valence-electron chi connectivity index (χ2n) is 4.69. The highest BCUT2D eigenvalue weighted by molar-refractivity contribution is 9.10. The van der Waals surface area contributed by atoms with Crippen LogP contribution in [0, 0.1) is 0 Å². The van der Waals surface area contributed by atoms with Gasteiger partial charge in [-0.25, -0.2) is 8.42 Å². The number of hydrogen-bond donors (Lipinski definition) is 1. The van der Waals surface area contributed by atoms with E-state index in [4.69, 9.17) is 11.6 Å². The van der Waals surface area contributed by atoms with Crippen molar-refractivity contribution in [2.75, 3.05) is 4.72 Å². The number of nitrogens with one attached hydrogen (secondary N) is 1. The molecule has 0 aromatic heterocycles. The summed E-state index contributed by atoms with van der Waals surface area (Å²) in [6, 6.07) is 12.2. The van der Waals surface area contributed by atoms with Crippen LogP contribution < -0.4 is 4.72 Å². The molecule has 0 saturated heterocycles. The van der Waals surface area contributed by atoms with E-state index in [1.165, 1.54) is 0 Å². The number of fused-ring (bicyclic) bond motifs is 1. The largest absolute Gasteiger partial charge is 0.280 e. The number of benzene rings is 2. The van der Waals surface area contributed by atoms with Crippen LogP contribution in [0.25, 0.3) is 4.91 Å². The molecule has 0 aliphatic heterocycles. The fraction of sp³-hybridized carbons (Fsp3) is 0.0667. The zero-order valence-corrected chi connectivity index (χ0v) is 14.0. The Morgan fingerprint density at radius 3 is 2.52 bits per heavy atom. The summed E-state index contributed by atoms with van der Waals surface area (Å²) in [5.74, 6) is 0. The zero-order valence-electron chi connectivity index (χ0n) is 10.8. The monoisotopic (exact) mass is 383 g/mol. The van der Waals surface area contributed by atoms with Crippen molar-refractivity contribution >= 4 is 48.1 Å². The maximum absolute atomic E-state index is 12.5. The molecule has 0 amide bonds. The number of hydrogen-bond acceptors (Lipinski definition) is 2. The third-order valence-electron chi connectivity index (χ3n) is 3.23. The molecule has 2 aromatic rings. The standard InChI is InChI=1S/C15H11BrClNO2S/c16-11-2-5-13(6-3-11)18-21(19,20)15-8-1-10-9-12(17)4-7-14(10)15/h2-9,18H,1H2. The van der Waals surface area contributed by atoms with Gasteiger partial charge >= 0.3 is 0 Å². The fourth-order valence-electron chi connectivity index (χ4n) is 2.27. The summed E-state index contributed by atoms with van der Waals surface area (Å²) in [7, 11) is -3.60. The molecule has 108 valence electrons. The lowest BCUT2D eigenvalue weighted by molar-refractivity contribution is 0.610. The first kappa shape index (κ1) is 14.6. The first-order valence-electron chi connectivity index (χ1n) is 6.23. The molecule has 0 radical (unpaired) electrons. The van der Waals surface area contributed by atoms with Crippen LogP contribution in [-0.4, -0.2) is 8.42 Å². The van der Waals surface area contributed by atoms with E-state index in [1.54, 1.807) is 48.5 Å². The van der Waals surface area contributed by atoms with Crippen molar-refractivity contribution in [3.63, 3.8) is 0 Å². The highest BCUT2D eigenvalue weighted by Gasteiger charge is 2.25. The van der Waals surface area contributed by atoms with E-state index in [0.29, 0.717) is 27.6 Å². The van der Waals surface area contributed by atoms with Gasteiger partial charge in [0, 0.05) is 15.2 Å². The van der Waals surface area contributed by atoms with Crippen molar-refractivity contribution in [3.05, 3.63) is 69.2 Å². The van der Waals surface area contributed by atoms with Gasteiger partial charge in [0.05, 0.1) is 4.91 Å². The minimum absolute atomic E-state index is 0.303. The summed E-state index contributed by atoms with van der Waals surface area (Å²) >= 11 is 9.26. The van der Waals surface area contributed by atoms with Gasteiger partial charge in [0.25, 0.3) is 10.0 Å². The average Bonchev–Trinajstić information content (AvgIpc) is 2.85. The molecule has 0 heterocycles. The summed E-state index contributed by atoms with van der Waals surface area (Å²) in [4.78, 5) is 0.303. The van der Waals surface area contributed by atoms with Crippen molar-refractivity contribution in [3.8, 4) is 0 Å². The molecule has 0 unspecified atom stereocenters. The van der Waals surface area contributed by atoms with Gasteiger partial charge < -0.3 is 0 Å². The minimum atomic E-state index is -3.60. The molecule has 0 fully saturated rings. The van der Waals surface area contributed by atoms with Gasteiger partial charge in [0.1, 0.15) is 0 Å². The molecule has 21 heavy (non-hydrogen) atoms. The average molecular weight is 385 g/mol. The quantitative estimate of drug-likeness (QED) is 0.850. The summed E-state index contributed by atoms with van der Waals surface area (Å²) < 4.78 is 28.5. The summed E-state index contributed by atoms with van der Waals surface area (Å²) in [5.41, 5.74) is 2.17. The number of allylic oxidation sites excluding steroid dienone is 1. The van der Waals surface area contributed by atoms with Crippen LogP contribution in [0.2, 0.25) is 5.02 Å².